The SMILES string of the molecule is C[C@@H](c1ccc(Br)cc1)N(C)C(=O)CCl. The molecule has 2 nitrogen and oxygen atoms in total. The van der Waals surface area contributed by atoms with Crippen LogP contribution in [0.3, 0.4) is 0 Å². The molecule has 0 aliphatic rings. The summed E-state index contributed by atoms with van der Waals surface area (Å²) >= 11 is 8.88. The van der Waals surface area contributed by atoms with Crippen LogP contribution in [-0.2, 0) is 4.79 Å². The summed E-state index contributed by atoms with van der Waals surface area (Å²) < 4.78 is 1.03. The summed E-state index contributed by atoms with van der Waals surface area (Å²) in [5.41, 5.74) is 1.10. The Morgan fingerprint density at radius 3 is 2.47 bits per heavy atom. The molecule has 0 fully saturated rings. The summed E-state index contributed by atoms with van der Waals surface area (Å²) in [5.74, 6) is -0.0377. The van der Waals surface area contributed by atoms with Crippen LogP contribution in [0, 0.1) is 0 Å². The molecule has 0 radical (unpaired) electrons. The highest BCUT2D eigenvalue weighted by Crippen LogP contribution is 2.21. The molecule has 15 heavy (non-hydrogen) atoms. The maximum atomic E-state index is 11.4. The number of rotatable bonds is 3. The van der Waals surface area contributed by atoms with E-state index < -0.39 is 0 Å². The second kappa shape index (κ2) is 5.52. The molecule has 0 heterocycles. The number of alkyl halides is 1. The Kier molecular flexibility index (Phi) is 4.61. The van der Waals surface area contributed by atoms with Crippen molar-refractivity contribution in [3.05, 3.63) is 34.3 Å². The molecule has 0 spiro atoms. The number of hydrogen-bond donors (Lipinski definition) is 0. The van der Waals surface area contributed by atoms with Crippen molar-refractivity contribution < 1.29 is 4.79 Å². The normalized spacial score (nSPS) is 12.3. The molecule has 1 rings (SSSR count). The molecule has 0 aromatic heterocycles. The molecule has 1 aromatic rings. The lowest BCUT2D eigenvalue weighted by Gasteiger charge is -2.24. The van der Waals surface area contributed by atoms with Gasteiger partial charge in [-0.1, -0.05) is 28.1 Å². The van der Waals surface area contributed by atoms with E-state index in [1.54, 1.807) is 11.9 Å². The maximum absolute atomic E-state index is 11.4. The lowest BCUT2D eigenvalue weighted by atomic mass is 10.1. The number of benzene rings is 1. The average molecular weight is 291 g/mol. The first-order valence-electron chi connectivity index (χ1n) is 4.63. The molecule has 1 amide bonds. The largest absolute Gasteiger partial charge is 0.338 e. The molecular formula is C11H13BrClNO. The van der Waals surface area contributed by atoms with Crippen LogP contribution in [0.1, 0.15) is 18.5 Å². The van der Waals surface area contributed by atoms with Crippen molar-refractivity contribution >= 4 is 33.4 Å². The molecule has 0 unspecified atom stereocenters. The van der Waals surface area contributed by atoms with Crippen molar-refractivity contribution in [3.8, 4) is 0 Å². The highest BCUT2D eigenvalue weighted by atomic mass is 79.9. The van der Waals surface area contributed by atoms with Crippen molar-refractivity contribution in [2.75, 3.05) is 12.9 Å². The predicted molar refractivity (Wildman–Crippen MR) is 66.0 cm³/mol. The smallest absolute Gasteiger partial charge is 0.237 e. The summed E-state index contributed by atoms with van der Waals surface area (Å²) in [6.45, 7) is 1.98. The van der Waals surface area contributed by atoms with E-state index in [2.05, 4.69) is 15.9 Å². The predicted octanol–water partition coefficient (Wildman–Crippen LogP) is 3.21. The summed E-state index contributed by atoms with van der Waals surface area (Å²) in [4.78, 5) is 13.0. The van der Waals surface area contributed by atoms with Gasteiger partial charge < -0.3 is 4.90 Å². The van der Waals surface area contributed by atoms with Gasteiger partial charge in [0.1, 0.15) is 5.88 Å². The highest BCUT2D eigenvalue weighted by molar-refractivity contribution is 9.10. The fourth-order valence-corrected chi connectivity index (χ4v) is 1.73. The fraction of sp³-hybridized carbons (Fsp3) is 0.364. The van der Waals surface area contributed by atoms with E-state index in [1.807, 2.05) is 31.2 Å². The Morgan fingerprint density at radius 2 is 2.00 bits per heavy atom. The molecule has 0 aliphatic carbocycles. The summed E-state index contributed by atoms with van der Waals surface area (Å²) in [7, 11) is 1.76. The minimum Gasteiger partial charge on any atom is -0.338 e. The first-order valence-corrected chi connectivity index (χ1v) is 5.96. The van der Waals surface area contributed by atoms with Crippen LogP contribution in [0.5, 0.6) is 0 Å². The number of halogens is 2. The van der Waals surface area contributed by atoms with Gasteiger partial charge in [-0.05, 0) is 24.6 Å². The topological polar surface area (TPSA) is 20.3 Å². The zero-order valence-electron chi connectivity index (χ0n) is 8.71. The van der Waals surface area contributed by atoms with Crippen LogP contribution < -0.4 is 0 Å². The van der Waals surface area contributed by atoms with E-state index in [-0.39, 0.29) is 17.8 Å². The lowest BCUT2D eigenvalue weighted by Crippen LogP contribution is -2.30. The zero-order valence-corrected chi connectivity index (χ0v) is 11.0. The third kappa shape index (κ3) is 3.21. The van der Waals surface area contributed by atoms with Crippen molar-refractivity contribution in [1.82, 2.24) is 4.90 Å². The van der Waals surface area contributed by atoms with Crippen molar-refractivity contribution in [2.45, 2.75) is 13.0 Å². The van der Waals surface area contributed by atoms with Gasteiger partial charge in [-0.2, -0.15) is 0 Å². The molecule has 1 aromatic carbocycles. The number of amides is 1. The zero-order chi connectivity index (χ0) is 11.4. The lowest BCUT2D eigenvalue weighted by molar-refractivity contribution is -0.129. The minimum absolute atomic E-state index is 0.0252. The van der Waals surface area contributed by atoms with E-state index in [9.17, 15) is 4.79 Å². The van der Waals surface area contributed by atoms with Crippen molar-refractivity contribution in [3.63, 3.8) is 0 Å². The average Bonchev–Trinajstić information content (AvgIpc) is 2.27. The fourth-order valence-electron chi connectivity index (χ4n) is 1.28. The Morgan fingerprint density at radius 1 is 1.47 bits per heavy atom. The van der Waals surface area contributed by atoms with E-state index in [0.29, 0.717) is 0 Å². The van der Waals surface area contributed by atoms with Crippen LogP contribution >= 0.6 is 27.5 Å². The second-order valence-electron chi connectivity index (χ2n) is 3.37. The maximum Gasteiger partial charge on any atom is 0.237 e. The van der Waals surface area contributed by atoms with Crippen molar-refractivity contribution in [1.29, 1.82) is 0 Å². The van der Waals surface area contributed by atoms with Gasteiger partial charge in [0.05, 0.1) is 6.04 Å². The van der Waals surface area contributed by atoms with Gasteiger partial charge in [-0.15, -0.1) is 11.6 Å². The Balaban J connectivity index is 2.80. The molecule has 0 saturated heterocycles. The molecule has 82 valence electrons. The number of carbonyl (C=O) groups is 1. The molecule has 1 atom stereocenters. The van der Waals surface area contributed by atoms with Gasteiger partial charge in [0.2, 0.25) is 5.91 Å². The monoisotopic (exact) mass is 289 g/mol. The molecule has 0 aliphatic heterocycles. The van der Waals surface area contributed by atoms with E-state index >= 15 is 0 Å². The van der Waals surface area contributed by atoms with Crippen LogP contribution in [0.15, 0.2) is 28.7 Å². The first-order chi connectivity index (χ1) is 7.06. The van der Waals surface area contributed by atoms with Crippen LogP contribution in [0.4, 0.5) is 0 Å². The number of carbonyl (C=O) groups excluding carboxylic acids is 1. The van der Waals surface area contributed by atoms with E-state index in [1.165, 1.54) is 0 Å². The van der Waals surface area contributed by atoms with E-state index in [0.717, 1.165) is 10.0 Å². The molecule has 4 heteroatoms. The molecular weight excluding hydrogens is 277 g/mol. The van der Waals surface area contributed by atoms with Crippen LogP contribution in [-0.4, -0.2) is 23.7 Å². The summed E-state index contributed by atoms with van der Waals surface area (Å²) in [6.07, 6.45) is 0. The molecule has 0 N–H and O–H groups in total. The third-order valence-electron chi connectivity index (χ3n) is 2.44. The van der Waals surface area contributed by atoms with Gasteiger partial charge in [0.25, 0.3) is 0 Å². The Hall–Kier alpha value is -0.540. The van der Waals surface area contributed by atoms with Gasteiger partial charge >= 0.3 is 0 Å². The first kappa shape index (κ1) is 12.5. The van der Waals surface area contributed by atoms with Crippen LogP contribution in [0.2, 0.25) is 0 Å². The Bertz CT molecular complexity index is 339. The molecule has 0 saturated carbocycles. The minimum atomic E-state index is -0.0629. The third-order valence-corrected chi connectivity index (χ3v) is 3.20. The van der Waals surface area contributed by atoms with Gasteiger partial charge in [-0.25, -0.2) is 0 Å². The van der Waals surface area contributed by atoms with Gasteiger partial charge in [0.15, 0.2) is 0 Å². The quantitative estimate of drug-likeness (QED) is 0.783. The van der Waals surface area contributed by atoms with E-state index in [4.69, 9.17) is 11.6 Å². The Labute approximate surface area is 103 Å². The van der Waals surface area contributed by atoms with Crippen molar-refractivity contribution in [2.24, 2.45) is 0 Å². The van der Waals surface area contributed by atoms with Gasteiger partial charge in [-0.3, -0.25) is 4.79 Å². The standard InChI is InChI=1S/C11H13BrClNO/c1-8(14(2)11(15)7-13)9-3-5-10(12)6-4-9/h3-6,8H,7H2,1-2H3/t8-/m0/s1. The second-order valence-corrected chi connectivity index (χ2v) is 4.55. The summed E-state index contributed by atoms with van der Waals surface area (Å²) in [5, 5.41) is 0. The molecule has 0 bridgehead atoms. The summed E-state index contributed by atoms with van der Waals surface area (Å²) in [6, 6.07) is 7.96. The number of nitrogens with zero attached hydrogens (tertiary/aromatic N) is 1. The highest BCUT2D eigenvalue weighted by Gasteiger charge is 2.15. The van der Waals surface area contributed by atoms with Gasteiger partial charge in [0, 0.05) is 11.5 Å². The van der Waals surface area contributed by atoms with Crippen LogP contribution in [0.25, 0.3) is 0 Å². The number of hydrogen-bond acceptors (Lipinski definition) is 1.